The second-order valence-electron chi connectivity index (χ2n) is 13.5. The molecule has 11 heteroatoms. The molecule has 3 N–H and O–H groups in total. The van der Waals surface area contributed by atoms with Crippen LogP contribution in [0, 0.1) is 11.3 Å². The van der Waals surface area contributed by atoms with Crippen LogP contribution < -0.4 is 10.6 Å². The highest BCUT2D eigenvalue weighted by atomic mass is 32.1. The molecule has 10 nitrogen and oxygen atoms in total. The fourth-order valence-corrected chi connectivity index (χ4v) is 6.94. The molecule has 0 unspecified atom stereocenters. The third-order valence-corrected chi connectivity index (χ3v) is 9.89. The van der Waals surface area contributed by atoms with Gasteiger partial charge in [0.05, 0.1) is 18.5 Å². The zero-order valence-electron chi connectivity index (χ0n) is 26.4. The molecule has 3 aromatic rings. The molecule has 2 atom stereocenters. The summed E-state index contributed by atoms with van der Waals surface area (Å²) >= 11 is 1.30. The number of carbonyl (C=O) groups is 3. The molecule has 5 rings (SSSR count). The van der Waals surface area contributed by atoms with Crippen molar-refractivity contribution in [3.8, 4) is 0 Å². The lowest BCUT2D eigenvalue weighted by Gasteiger charge is -2.36. The van der Waals surface area contributed by atoms with Gasteiger partial charge in [-0.3, -0.25) is 14.4 Å². The molecule has 3 heterocycles. The van der Waals surface area contributed by atoms with Crippen molar-refractivity contribution in [2.24, 2.45) is 11.3 Å². The van der Waals surface area contributed by atoms with Crippen LogP contribution in [0.25, 0.3) is 10.3 Å². The highest BCUT2D eigenvalue weighted by molar-refractivity contribution is 7.19. The number of aryl methyl sites for hydroxylation is 1. The molecule has 2 amide bonds. The van der Waals surface area contributed by atoms with Gasteiger partial charge in [-0.15, -0.1) is 0 Å². The number of hydrogen-bond acceptors (Lipinski definition) is 8. The fourth-order valence-electron chi connectivity index (χ4n) is 6.09. The van der Waals surface area contributed by atoms with Crippen molar-refractivity contribution in [1.82, 2.24) is 30.4 Å². The first-order valence-corrected chi connectivity index (χ1v) is 16.3. The molecule has 0 radical (unpaired) electrons. The molecule has 2 aromatic heterocycles. The van der Waals surface area contributed by atoms with Crippen molar-refractivity contribution in [2.75, 3.05) is 40.3 Å². The lowest BCUT2D eigenvalue weighted by atomic mass is 9.71. The Morgan fingerprint density at radius 1 is 1.14 bits per heavy atom. The molecule has 0 spiro atoms. The van der Waals surface area contributed by atoms with E-state index in [1.54, 1.807) is 6.07 Å². The third kappa shape index (κ3) is 7.80. The van der Waals surface area contributed by atoms with Gasteiger partial charge < -0.3 is 25.5 Å². The van der Waals surface area contributed by atoms with E-state index in [1.807, 2.05) is 37.2 Å². The predicted molar refractivity (Wildman–Crippen MR) is 172 cm³/mol. The van der Waals surface area contributed by atoms with Crippen molar-refractivity contribution < 1.29 is 19.5 Å². The normalized spacial score (nSPS) is 18.1. The van der Waals surface area contributed by atoms with Crippen LogP contribution in [0.15, 0.2) is 30.3 Å². The van der Waals surface area contributed by atoms with Gasteiger partial charge in [0.2, 0.25) is 0 Å². The summed E-state index contributed by atoms with van der Waals surface area (Å²) in [5.74, 6) is -0.691. The number of aliphatic carboxylic acids is 1. The number of likely N-dealkylation sites (N-methyl/N-ethyl adjacent to an activating group) is 1. The number of pyridine rings is 1. The molecular formula is C33H44N6O4S. The first-order chi connectivity index (χ1) is 20.9. The molecule has 0 saturated carbocycles. The maximum absolute atomic E-state index is 13.6. The minimum Gasteiger partial charge on any atom is -0.481 e. The minimum atomic E-state index is -0.849. The largest absolute Gasteiger partial charge is 0.481 e. The van der Waals surface area contributed by atoms with Crippen molar-refractivity contribution in [3.05, 3.63) is 57.7 Å². The van der Waals surface area contributed by atoms with Crippen molar-refractivity contribution >= 4 is 39.5 Å². The average Bonchev–Trinajstić information content (AvgIpc) is 3.38. The lowest BCUT2D eigenvalue weighted by Crippen LogP contribution is -2.57. The number of carbonyl (C=O) groups excluding carboxylic acids is 2. The van der Waals surface area contributed by atoms with Gasteiger partial charge in [-0.25, -0.2) is 9.97 Å². The molecule has 1 aromatic carbocycles. The Bertz CT molecular complexity index is 1530. The van der Waals surface area contributed by atoms with Crippen LogP contribution >= 0.6 is 11.3 Å². The van der Waals surface area contributed by atoms with Gasteiger partial charge in [0.25, 0.3) is 11.8 Å². The Balaban J connectivity index is 1.34. The molecule has 1 saturated heterocycles. The number of aromatic nitrogens is 2. The second kappa shape index (κ2) is 13.3. The number of rotatable bonds is 11. The van der Waals surface area contributed by atoms with Gasteiger partial charge in [-0.2, -0.15) is 0 Å². The topological polar surface area (TPSA) is 128 Å². The maximum atomic E-state index is 13.6. The quantitative estimate of drug-likeness (QED) is 0.292. The van der Waals surface area contributed by atoms with Crippen molar-refractivity contribution in [2.45, 2.75) is 65.0 Å². The standard InChI is InChI=1S/C33H44N6O4S/c1-33(2,3)23-9-10-25-22(16-23)17-27-31(36-25)44-32(37-27)30(43)35-26(11-13-38(4)14-12-28(40)41)20-7-6-8-21(15-20)29(42)34-24-18-39(5)19-24/h6-8,15,17,23-24,26H,9-14,16,18-19H2,1-5H3,(H,34,42)(H,35,43)(H,40,41)/t23-,26+/m0/s1. The third-order valence-electron chi connectivity index (χ3n) is 8.93. The van der Waals surface area contributed by atoms with Crippen LogP contribution in [0.5, 0.6) is 0 Å². The van der Waals surface area contributed by atoms with E-state index in [0.29, 0.717) is 36.0 Å². The van der Waals surface area contributed by atoms with Gasteiger partial charge in [0.1, 0.15) is 10.3 Å². The molecule has 1 fully saturated rings. The number of nitrogens with zero attached hydrogens (tertiary/aromatic N) is 4. The Morgan fingerprint density at radius 2 is 1.91 bits per heavy atom. The average molecular weight is 621 g/mol. The van der Waals surface area contributed by atoms with E-state index < -0.39 is 12.0 Å². The first kappa shape index (κ1) is 32.0. The summed E-state index contributed by atoms with van der Waals surface area (Å²) in [5.41, 5.74) is 4.66. The summed E-state index contributed by atoms with van der Waals surface area (Å²) in [6.45, 7) is 9.47. The van der Waals surface area contributed by atoms with E-state index in [0.717, 1.165) is 54.0 Å². The summed E-state index contributed by atoms with van der Waals surface area (Å²) < 4.78 is 0. The summed E-state index contributed by atoms with van der Waals surface area (Å²) in [6, 6.07) is 9.20. The number of likely N-dealkylation sites (tertiary alicyclic amines) is 1. The van der Waals surface area contributed by atoms with E-state index in [-0.39, 0.29) is 29.7 Å². The van der Waals surface area contributed by atoms with E-state index in [1.165, 1.54) is 16.9 Å². The zero-order chi connectivity index (χ0) is 31.6. The lowest BCUT2D eigenvalue weighted by molar-refractivity contribution is -0.137. The van der Waals surface area contributed by atoms with Gasteiger partial charge >= 0.3 is 5.97 Å². The van der Waals surface area contributed by atoms with Gasteiger partial charge in [-0.05, 0) is 80.4 Å². The maximum Gasteiger partial charge on any atom is 0.304 e. The van der Waals surface area contributed by atoms with Crippen LogP contribution in [0.1, 0.15) is 83.1 Å². The SMILES string of the molecule is CN(CCC(=O)O)CC[C@@H](NC(=O)c1nc2cc3c(nc2s1)CC[C@H](C(C)(C)C)C3)c1cccc(C(=O)NC2CN(C)C2)c1. The molecule has 0 bridgehead atoms. The van der Waals surface area contributed by atoms with Crippen LogP contribution in [-0.4, -0.2) is 89.0 Å². The fraction of sp³-hybridized carbons (Fsp3) is 0.545. The Hall–Kier alpha value is -3.41. The van der Waals surface area contributed by atoms with Crippen LogP contribution in [0.3, 0.4) is 0 Å². The second-order valence-corrected chi connectivity index (χ2v) is 14.5. The number of nitrogens with one attached hydrogen (secondary N) is 2. The zero-order valence-corrected chi connectivity index (χ0v) is 27.2. The number of benzene rings is 1. The highest BCUT2D eigenvalue weighted by Crippen LogP contribution is 2.38. The molecule has 1 aliphatic carbocycles. The van der Waals surface area contributed by atoms with E-state index in [4.69, 9.17) is 15.1 Å². The summed E-state index contributed by atoms with van der Waals surface area (Å²) in [4.78, 5) is 52.1. The van der Waals surface area contributed by atoms with E-state index in [9.17, 15) is 14.4 Å². The Labute approximate surface area is 263 Å². The number of carboxylic acid groups (broad SMARTS) is 1. The molecule has 236 valence electrons. The van der Waals surface area contributed by atoms with E-state index in [2.05, 4.69) is 42.4 Å². The predicted octanol–water partition coefficient (Wildman–Crippen LogP) is 4.15. The van der Waals surface area contributed by atoms with Gasteiger partial charge in [0, 0.05) is 37.4 Å². The number of carboxylic acids is 1. The number of hydrogen-bond donors (Lipinski definition) is 3. The van der Waals surface area contributed by atoms with Crippen LogP contribution in [0.4, 0.5) is 0 Å². The smallest absolute Gasteiger partial charge is 0.304 e. The Morgan fingerprint density at radius 3 is 2.61 bits per heavy atom. The van der Waals surface area contributed by atoms with Crippen LogP contribution in [-0.2, 0) is 17.6 Å². The highest BCUT2D eigenvalue weighted by Gasteiger charge is 2.30. The van der Waals surface area contributed by atoms with Crippen LogP contribution in [0.2, 0.25) is 0 Å². The number of fused-ring (bicyclic) bond motifs is 2. The minimum absolute atomic E-state index is 0.0404. The molecule has 1 aliphatic heterocycles. The monoisotopic (exact) mass is 620 g/mol. The van der Waals surface area contributed by atoms with E-state index >= 15 is 0 Å². The van der Waals surface area contributed by atoms with Gasteiger partial charge in [0.15, 0.2) is 5.01 Å². The molecule has 2 aliphatic rings. The van der Waals surface area contributed by atoms with Crippen molar-refractivity contribution in [1.29, 1.82) is 0 Å². The summed E-state index contributed by atoms with van der Waals surface area (Å²) in [7, 11) is 3.88. The van der Waals surface area contributed by atoms with Crippen molar-refractivity contribution in [3.63, 3.8) is 0 Å². The Kier molecular flexibility index (Phi) is 9.67. The number of thiazole rings is 1. The summed E-state index contributed by atoms with van der Waals surface area (Å²) in [6.07, 6.45) is 3.59. The molecular weight excluding hydrogens is 576 g/mol. The van der Waals surface area contributed by atoms with Gasteiger partial charge in [-0.1, -0.05) is 44.2 Å². The first-order valence-electron chi connectivity index (χ1n) is 15.5. The summed E-state index contributed by atoms with van der Waals surface area (Å²) in [5, 5.41) is 15.7. The number of amides is 2. The molecule has 44 heavy (non-hydrogen) atoms.